The first kappa shape index (κ1) is 16.8. The van der Waals surface area contributed by atoms with Gasteiger partial charge >= 0.3 is 0 Å². The molecule has 2 aliphatic rings. The highest BCUT2D eigenvalue weighted by molar-refractivity contribution is 5.85. The number of halogens is 1. The second-order valence-electron chi connectivity index (χ2n) is 7.12. The summed E-state index contributed by atoms with van der Waals surface area (Å²) in [6.45, 7) is 10.7. The van der Waals surface area contributed by atoms with Crippen LogP contribution in [-0.4, -0.2) is 31.1 Å². The smallest absolute Gasteiger partial charge is 0.0233 e. The first-order valence-corrected chi connectivity index (χ1v) is 8.21. The number of hydrogen-bond acceptors (Lipinski definition) is 2. The zero-order valence-electron chi connectivity index (χ0n) is 13.3. The Hall–Kier alpha value is -0.570. The van der Waals surface area contributed by atoms with Crippen LogP contribution in [0.5, 0.6) is 0 Å². The van der Waals surface area contributed by atoms with Crippen LogP contribution in [0.25, 0.3) is 0 Å². The fourth-order valence-electron chi connectivity index (χ4n) is 3.76. The molecule has 2 unspecified atom stereocenters. The summed E-state index contributed by atoms with van der Waals surface area (Å²) in [5.41, 5.74) is 2.95. The first-order chi connectivity index (χ1) is 9.70. The number of nitrogens with one attached hydrogen (secondary N) is 1. The van der Waals surface area contributed by atoms with Crippen molar-refractivity contribution < 1.29 is 0 Å². The van der Waals surface area contributed by atoms with Gasteiger partial charge in [0.2, 0.25) is 0 Å². The zero-order chi connectivity index (χ0) is 13.9. The maximum Gasteiger partial charge on any atom is 0.0233 e. The Morgan fingerprint density at radius 1 is 1.10 bits per heavy atom. The molecule has 2 atom stereocenters. The lowest BCUT2D eigenvalue weighted by Crippen LogP contribution is -2.39. The van der Waals surface area contributed by atoms with Crippen molar-refractivity contribution in [1.82, 2.24) is 10.2 Å². The van der Waals surface area contributed by atoms with E-state index in [0.29, 0.717) is 0 Å². The lowest BCUT2D eigenvalue weighted by molar-refractivity contribution is 0.142. The Morgan fingerprint density at radius 3 is 2.48 bits per heavy atom. The topological polar surface area (TPSA) is 15.3 Å². The fraction of sp³-hybridized carbons (Fsp3) is 0.667. The van der Waals surface area contributed by atoms with E-state index in [-0.39, 0.29) is 12.4 Å². The van der Waals surface area contributed by atoms with E-state index < -0.39 is 0 Å². The van der Waals surface area contributed by atoms with Crippen LogP contribution in [0.3, 0.4) is 0 Å². The predicted molar refractivity (Wildman–Crippen MR) is 92.0 cm³/mol. The highest BCUT2D eigenvalue weighted by Gasteiger charge is 2.32. The summed E-state index contributed by atoms with van der Waals surface area (Å²) in [7, 11) is 0. The second kappa shape index (κ2) is 7.62. The van der Waals surface area contributed by atoms with E-state index >= 15 is 0 Å². The van der Waals surface area contributed by atoms with Crippen LogP contribution < -0.4 is 5.32 Å². The molecule has 0 saturated carbocycles. The van der Waals surface area contributed by atoms with E-state index in [1.165, 1.54) is 50.1 Å². The van der Waals surface area contributed by atoms with Gasteiger partial charge in [-0.1, -0.05) is 38.1 Å². The van der Waals surface area contributed by atoms with Crippen LogP contribution in [0.4, 0.5) is 0 Å². The number of nitrogens with zero attached hydrogens (tertiary/aromatic N) is 1. The molecular formula is C18H29ClN2. The molecule has 2 saturated heterocycles. The highest BCUT2D eigenvalue weighted by atomic mass is 35.5. The molecule has 2 heterocycles. The van der Waals surface area contributed by atoms with Gasteiger partial charge in [-0.25, -0.2) is 0 Å². The van der Waals surface area contributed by atoms with Crippen molar-refractivity contribution >= 4 is 12.4 Å². The van der Waals surface area contributed by atoms with Crippen LogP contribution in [0.2, 0.25) is 0 Å². The number of rotatable bonds is 4. The molecule has 118 valence electrons. The lowest BCUT2D eigenvalue weighted by Gasteiger charge is -2.34. The zero-order valence-corrected chi connectivity index (χ0v) is 14.2. The summed E-state index contributed by atoms with van der Waals surface area (Å²) >= 11 is 0. The van der Waals surface area contributed by atoms with Gasteiger partial charge in [0.1, 0.15) is 0 Å². The maximum atomic E-state index is 3.55. The van der Waals surface area contributed by atoms with E-state index in [1.54, 1.807) is 0 Å². The third-order valence-electron chi connectivity index (χ3n) is 4.86. The van der Waals surface area contributed by atoms with Crippen molar-refractivity contribution in [3.8, 4) is 0 Å². The van der Waals surface area contributed by atoms with Crippen LogP contribution in [0, 0.1) is 17.8 Å². The molecule has 2 fully saturated rings. The minimum Gasteiger partial charge on any atom is -0.316 e. The number of benzene rings is 1. The second-order valence-corrected chi connectivity index (χ2v) is 7.12. The molecule has 3 rings (SSSR count). The Balaban J connectivity index is 0.00000161. The molecule has 0 radical (unpaired) electrons. The molecule has 0 spiro atoms. The molecule has 2 aliphatic heterocycles. The maximum absolute atomic E-state index is 3.55. The van der Waals surface area contributed by atoms with Crippen LogP contribution >= 0.6 is 12.4 Å². The van der Waals surface area contributed by atoms with Crippen LogP contribution in [-0.2, 0) is 13.0 Å². The standard InChI is InChI=1S/C18H28N2.ClH/c1-14(2)9-15-3-5-16(6-4-15)12-20-8-7-17-10-19-11-18(17)13-20;/h3-6,14,17-19H,7-13H2,1-2H3;1H. The predicted octanol–water partition coefficient (Wildman–Crippen LogP) is 3.35. The average Bonchev–Trinajstić information content (AvgIpc) is 2.88. The number of fused-ring (bicyclic) bond motifs is 1. The van der Waals surface area contributed by atoms with Crippen molar-refractivity contribution in [2.45, 2.75) is 33.2 Å². The Bertz CT molecular complexity index is 429. The molecule has 0 amide bonds. The van der Waals surface area contributed by atoms with Gasteiger partial charge in [0.05, 0.1) is 0 Å². The number of piperidine rings is 1. The number of hydrogen-bond donors (Lipinski definition) is 1. The third-order valence-corrected chi connectivity index (χ3v) is 4.86. The van der Waals surface area contributed by atoms with Crippen molar-refractivity contribution in [2.75, 3.05) is 26.2 Å². The minimum absolute atomic E-state index is 0. The number of likely N-dealkylation sites (tertiary alicyclic amines) is 1. The molecular weight excluding hydrogens is 280 g/mol. The molecule has 3 heteroatoms. The first-order valence-electron chi connectivity index (χ1n) is 8.21. The summed E-state index contributed by atoms with van der Waals surface area (Å²) in [6, 6.07) is 9.30. The van der Waals surface area contributed by atoms with Gasteiger partial charge < -0.3 is 5.32 Å². The SMILES string of the molecule is CC(C)Cc1ccc(CN2CCC3CNCC3C2)cc1.Cl. The largest absolute Gasteiger partial charge is 0.316 e. The van der Waals surface area contributed by atoms with Gasteiger partial charge in [-0.05, 0) is 61.4 Å². The summed E-state index contributed by atoms with van der Waals surface area (Å²) in [4.78, 5) is 2.64. The third kappa shape index (κ3) is 4.45. The van der Waals surface area contributed by atoms with Crippen molar-refractivity contribution in [2.24, 2.45) is 17.8 Å². The van der Waals surface area contributed by atoms with Gasteiger partial charge in [0.25, 0.3) is 0 Å². The summed E-state index contributed by atoms with van der Waals surface area (Å²) in [5, 5.41) is 3.55. The van der Waals surface area contributed by atoms with Crippen LogP contribution in [0.1, 0.15) is 31.4 Å². The minimum atomic E-state index is 0. The lowest BCUT2D eigenvalue weighted by atomic mass is 9.88. The monoisotopic (exact) mass is 308 g/mol. The Kier molecular flexibility index (Phi) is 6.09. The van der Waals surface area contributed by atoms with E-state index in [0.717, 1.165) is 24.3 Å². The van der Waals surface area contributed by atoms with Gasteiger partial charge in [-0.3, -0.25) is 4.90 Å². The van der Waals surface area contributed by atoms with Crippen molar-refractivity contribution in [1.29, 1.82) is 0 Å². The molecule has 0 bridgehead atoms. The molecule has 0 aliphatic carbocycles. The molecule has 1 aromatic rings. The van der Waals surface area contributed by atoms with E-state index in [4.69, 9.17) is 0 Å². The molecule has 0 aromatic heterocycles. The average molecular weight is 309 g/mol. The summed E-state index contributed by atoms with van der Waals surface area (Å²) < 4.78 is 0. The Labute approximate surface area is 135 Å². The molecule has 1 aromatic carbocycles. The summed E-state index contributed by atoms with van der Waals surface area (Å²) in [5.74, 6) is 2.58. The molecule has 21 heavy (non-hydrogen) atoms. The fourth-order valence-corrected chi connectivity index (χ4v) is 3.76. The summed E-state index contributed by atoms with van der Waals surface area (Å²) in [6.07, 6.45) is 2.57. The van der Waals surface area contributed by atoms with E-state index in [2.05, 4.69) is 48.3 Å². The van der Waals surface area contributed by atoms with E-state index in [9.17, 15) is 0 Å². The molecule has 1 N–H and O–H groups in total. The molecule has 2 nitrogen and oxygen atoms in total. The van der Waals surface area contributed by atoms with Crippen molar-refractivity contribution in [3.05, 3.63) is 35.4 Å². The van der Waals surface area contributed by atoms with E-state index in [1.807, 2.05) is 0 Å². The van der Waals surface area contributed by atoms with Crippen LogP contribution in [0.15, 0.2) is 24.3 Å². The highest BCUT2D eigenvalue weighted by Crippen LogP contribution is 2.27. The van der Waals surface area contributed by atoms with Gasteiger partial charge in [-0.2, -0.15) is 0 Å². The Morgan fingerprint density at radius 2 is 1.76 bits per heavy atom. The van der Waals surface area contributed by atoms with Gasteiger partial charge in [0, 0.05) is 13.1 Å². The van der Waals surface area contributed by atoms with Gasteiger partial charge in [0.15, 0.2) is 0 Å². The normalized spacial score (nSPS) is 25.7. The van der Waals surface area contributed by atoms with Gasteiger partial charge in [-0.15, -0.1) is 12.4 Å². The van der Waals surface area contributed by atoms with Crippen molar-refractivity contribution in [3.63, 3.8) is 0 Å². The quantitative estimate of drug-likeness (QED) is 0.917.